The van der Waals surface area contributed by atoms with E-state index < -0.39 is 0 Å². The number of methoxy groups -OCH3 is 1. The van der Waals surface area contributed by atoms with Gasteiger partial charge in [-0.1, -0.05) is 12.1 Å². The quantitative estimate of drug-likeness (QED) is 0.545. The fraction of sp³-hybridized carbons (Fsp3) is 0.292. The second kappa shape index (κ2) is 11.1. The Kier molecular flexibility index (Phi) is 7.55. The number of amides is 2. The Bertz CT molecular complexity index is 1060. The number of anilines is 2. The number of urea groups is 1. The van der Waals surface area contributed by atoms with Crippen molar-refractivity contribution >= 4 is 17.5 Å². The van der Waals surface area contributed by atoms with Gasteiger partial charge in [0.2, 0.25) is 0 Å². The molecule has 0 unspecified atom stereocenters. The number of aromatic nitrogens is 2. The number of hydrogen-bond donors (Lipinski definition) is 2. The molecule has 1 fully saturated rings. The molecule has 1 saturated heterocycles. The van der Waals surface area contributed by atoms with E-state index >= 15 is 0 Å². The normalized spacial score (nSPS) is 13.3. The highest BCUT2D eigenvalue weighted by molar-refractivity contribution is 5.89. The van der Waals surface area contributed by atoms with Gasteiger partial charge in [-0.05, 0) is 24.3 Å². The van der Waals surface area contributed by atoms with E-state index in [9.17, 15) is 4.79 Å². The number of rotatable bonds is 8. The first kappa shape index (κ1) is 22.3. The largest absolute Gasteiger partial charge is 0.493 e. The Morgan fingerprint density at radius 1 is 1.12 bits per heavy atom. The molecule has 0 saturated carbocycles. The predicted molar refractivity (Wildman–Crippen MR) is 125 cm³/mol. The zero-order valence-corrected chi connectivity index (χ0v) is 18.5. The third-order valence-electron chi connectivity index (χ3n) is 5.16. The minimum Gasteiger partial charge on any atom is -0.493 e. The van der Waals surface area contributed by atoms with Gasteiger partial charge in [-0.15, -0.1) is 0 Å². The van der Waals surface area contributed by atoms with Crippen LogP contribution in [0, 0.1) is 0 Å². The van der Waals surface area contributed by atoms with Gasteiger partial charge in [0.1, 0.15) is 12.4 Å². The number of morpholine rings is 1. The summed E-state index contributed by atoms with van der Waals surface area (Å²) in [6, 6.07) is 12.5. The average Bonchev–Trinajstić information content (AvgIpc) is 2.87. The van der Waals surface area contributed by atoms with Crippen molar-refractivity contribution in [2.75, 3.05) is 43.6 Å². The van der Waals surface area contributed by atoms with Crippen LogP contribution in [-0.2, 0) is 17.9 Å². The monoisotopic (exact) mass is 449 g/mol. The molecule has 2 N–H and O–H groups in total. The van der Waals surface area contributed by atoms with Crippen LogP contribution in [0.15, 0.2) is 61.1 Å². The Morgan fingerprint density at radius 2 is 1.97 bits per heavy atom. The summed E-state index contributed by atoms with van der Waals surface area (Å²) in [5.41, 5.74) is 2.47. The van der Waals surface area contributed by atoms with E-state index in [4.69, 9.17) is 14.2 Å². The topological polar surface area (TPSA) is 97.8 Å². The summed E-state index contributed by atoms with van der Waals surface area (Å²) >= 11 is 0. The molecule has 0 spiro atoms. The van der Waals surface area contributed by atoms with Crippen LogP contribution in [-0.4, -0.2) is 49.4 Å². The maximum atomic E-state index is 12.6. The molecular formula is C24H27N5O4. The highest BCUT2D eigenvalue weighted by atomic mass is 16.5. The van der Waals surface area contributed by atoms with Gasteiger partial charge in [0.05, 0.1) is 20.3 Å². The van der Waals surface area contributed by atoms with Crippen LogP contribution in [0.1, 0.15) is 11.1 Å². The number of benzene rings is 1. The molecule has 9 heteroatoms. The third kappa shape index (κ3) is 6.11. The minimum absolute atomic E-state index is 0.324. The lowest BCUT2D eigenvalue weighted by atomic mass is 10.2. The number of carbonyl (C=O) groups is 1. The van der Waals surface area contributed by atoms with Crippen molar-refractivity contribution in [3.63, 3.8) is 0 Å². The molecule has 4 rings (SSSR count). The molecule has 0 bridgehead atoms. The molecule has 1 aliphatic rings. The lowest BCUT2D eigenvalue weighted by Gasteiger charge is -2.29. The van der Waals surface area contributed by atoms with Gasteiger partial charge in [0, 0.05) is 61.1 Å². The molecule has 2 aromatic heterocycles. The Labute approximate surface area is 192 Å². The molecule has 3 heterocycles. The van der Waals surface area contributed by atoms with Crippen molar-refractivity contribution in [2.24, 2.45) is 0 Å². The van der Waals surface area contributed by atoms with Crippen molar-refractivity contribution in [2.45, 2.75) is 13.2 Å². The van der Waals surface area contributed by atoms with Gasteiger partial charge in [0.25, 0.3) is 0 Å². The predicted octanol–water partition coefficient (Wildman–Crippen LogP) is 3.22. The summed E-state index contributed by atoms with van der Waals surface area (Å²) in [7, 11) is 1.58. The van der Waals surface area contributed by atoms with E-state index in [0.717, 1.165) is 30.0 Å². The van der Waals surface area contributed by atoms with E-state index in [1.54, 1.807) is 43.9 Å². The first-order valence-corrected chi connectivity index (χ1v) is 10.7. The van der Waals surface area contributed by atoms with E-state index in [2.05, 4.69) is 25.5 Å². The molecule has 33 heavy (non-hydrogen) atoms. The van der Waals surface area contributed by atoms with Gasteiger partial charge in [-0.2, -0.15) is 0 Å². The van der Waals surface area contributed by atoms with Crippen molar-refractivity contribution < 1.29 is 19.0 Å². The maximum absolute atomic E-state index is 12.6. The molecule has 3 aromatic rings. The summed E-state index contributed by atoms with van der Waals surface area (Å²) in [5, 5.41) is 5.75. The maximum Gasteiger partial charge on any atom is 0.319 e. The van der Waals surface area contributed by atoms with Crippen molar-refractivity contribution in [3.05, 3.63) is 72.2 Å². The molecule has 0 aliphatic carbocycles. The lowest BCUT2D eigenvalue weighted by Crippen LogP contribution is -2.38. The van der Waals surface area contributed by atoms with Crippen LogP contribution in [0.4, 0.5) is 16.3 Å². The van der Waals surface area contributed by atoms with Crippen molar-refractivity contribution in [1.29, 1.82) is 0 Å². The van der Waals surface area contributed by atoms with Crippen molar-refractivity contribution in [3.8, 4) is 11.5 Å². The van der Waals surface area contributed by atoms with Crippen LogP contribution in [0.5, 0.6) is 11.5 Å². The molecule has 0 radical (unpaired) electrons. The second-order valence-corrected chi connectivity index (χ2v) is 7.41. The summed E-state index contributed by atoms with van der Waals surface area (Å²) in [6.45, 7) is 3.60. The number of ether oxygens (including phenoxy) is 3. The molecule has 2 amide bonds. The van der Waals surface area contributed by atoms with Crippen LogP contribution in [0.3, 0.4) is 0 Å². The van der Waals surface area contributed by atoms with Crippen LogP contribution in [0.25, 0.3) is 0 Å². The molecule has 1 aliphatic heterocycles. The zero-order chi connectivity index (χ0) is 22.9. The number of nitrogens with zero attached hydrogens (tertiary/aromatic N) is 3. The van der Waals surface area contributed by atoms with E-state index in [1.807, 2.05) is 24.3 Å². The third-order valence-corrected chi connectivity index (χ3v) is 5.16. The highest BCUT2D eigenvalue weighted by Gasteiger charge is 2.16. The van der Waals surface area contributed by atoms with Gasteiger partial charge in [0.15, 0.2) is 11.5 Å². The fourth-order valence-corrected chi connectivity index (χ4v) is 3.49. The van der Waals surface area contributed by atoms with Crippen LogP contribution < -0.4 is 25.0 Å². The molecule has 1 aromatic carbocycles. The second-order valence-electron chi connectivity index (χ2n) is 7.41. The van der Waals surface area contributed by atoms with E-state index in [-0.39, 0.29) is 6.03 Å². The van der Waals surface area contributed by atoms with Gasteiger partial charge in [-0.3, -0.25) is 4.98 Å². The highest BCUT2D eigenvalue weighted by Crippen LogP contribution is 2.31. The first-order chi connectivity index (χ1) is 16.2. The molecule has 0 atom stereocenters. The summed E-state index contributed by atoms with van der Waals surface area (Å²) < 4.78 is 16.7. The number of nitrogens with one attached hydrogen (secondary N) is 2. The molecular weight excluding hydrogens is 422 g/mol. The first-order valence-electron chi connectivity index (χ1n) is 10.7. The smallest absolute Gasteiger partial charge is 0.319 e. The SMILES string of the molecule is COc1ccc(NC(=O)NCc2cccnc2N2CCOCC2)cc1OCc1cccnc1. The van der Waals surface area contributed by atoms with Gasteiger partial charge in [-0.25, -0.2) is 9.78 Å². The summed E-state index contributed by atoms with van der Waals surface area (Å²) in [4.78, 5) is 23.3. The van der Waals surface area contributed by atoms with E-state index in [1.165, 1.54) is 0 Å². The summed E-state index contributed by atoms with van der Waals surface area (Å²) in [5.74, 6) is 1.98. The summed E-state index contributed by atoms with van der Waals surface area (Å²) in [6.07, 6.45) is 5.22. The fourth-order valence-electron chi connectivity index (χ4n) is 3.49. The van der Waals surface area contributed by atoms with Crippen molar-refractivity contribution in [1.82, 2.24) is 15.3 Å². The minimum atomic E-state index is -0.324. The molecule has 172 valence electrons. The average molecular weight is 450 g/mol. The Morgan fingerprint density at radius 3 is 2.76 bits per heavy atom. The van der Waals surface area contributed by atoms with Gasteiger partial charge < -0.3 is 29.7 Å². The zero-order valence-electron chi connectivity index (χ0n) is 18.5. The number of hydrogen-bond acceptors (Lipinski definition) is 7. The Hall–Kier alpha value is -3.85. The molecule has 9 nitrogen and oxygen atoms in total. The number of carbonyl (C=O) groups excluding carboxylic acids is 1. The Balaban J connectivity index is 1.37. The standard InChI is InChI=1S/C24H27N5O4/c1-31-21-7-6-20(14-22(21)33-17-18-4-2-8-25-15-18)28-24(30)27-16-19-5-3-9-26-23(19)29-10-12-32-13-11-29/h2-9,14-15H,10-13,16-17H2,1H3,(H2,27,28,30). The van der Waals surface area contributed by atoms with Crippen LogP contribution >= 0.6 is 0 Å². The lowest BCUT2D eigenvalue weighted by molar-refractivity contribution is 0.122. The van der Waals surface area contributed by atoms with Crippen LogP contribution in [0.2, 0.25) is 0 Å². The van der Waals surface area contributed by atoms with E-state index in [0.29, 0.717) is 43.6 Å². The number of pyridine rings is 2. The van der Waals surface area contributed by atoms with Gasteiger partial charge >= 0.3 is 6.03 Å².